The van der Waals surface area contributed by atoms with Crippen LogP contribution in [0.15, 0.2) is 29.6 Å². The number of carbonyl (C=O) groups is 2. The summed E-state index contributed by atoms with van der Waals surface area (Å²) in [7, 11) is 0. The molecule has 0 aliphatic carbocycles. The maximum absolute atomic E-state index is 12.9. The standard InChI is InChI=1S/C18H18ClN5O4S2/c19-16-23-11(9-29-16)8-28-12-4-1-3-10(7-12)13(25)14-15(20)24-17(30-14)21-5-2-6-22-18(26)27/h1,3-4,7,9,22H,2,5-6,8,20H2,(H,21,24)(H,26,27). The molecule has 3 rings (SSSR count). The van der Waals surface area contributed by atoms with Crippen molar-refractivity contribution in [2.45, 2.75) is 13.0 Å². The maximum Gasteiger partial charge on any atom is 0.404 e. The number of benzene rings is 1. The highest BCUT2D eigenvalue weighted by atomic mass is 35.5. The van der Waals surface area contributed by atoms with Gasteiger partial charge in [-0.3, -0.25) is 4.79 Å². The van der Waals surface area contributed by atoms with Gasteiger partial charge in [0.2, 0.25) is 5.78 Å². The summed E-state index contributed by atoms with van der Waals surface area (Å²) in [6.07, 6.45) is -0.499. The number of amides is 1. The van der Waals surface area contributed by atoms with Crippen LogP contribution in [-0.4, -0.2) is 40.0 Å². The third-order valence-electron chi connectivity index (χ3n) is 3.77. The number of carbonyl (C=O) groups excluding carboxylic acids is 1. The topological polar surface area (TPSA) is 139 Å². The average Bonchev–Trinajstić information content (AvgIpc) is 3.30. The number of carboxylic acid groups (broad SMARTS) is 1. The molecule has 0 saturated carbocycles. The number of ketones is 1. The van der Waals surface area contributed by atoms with Gasteiger partial charge in [-0.15, -0.1) is 11.3 Å². The molecule has 9 nitrogen and oxygen atoms in total. The third kappa shape index (κ3) is 6.05. The first-order chi connectivity index (χ1) is 14.4. The zero-order valence-electron chi connectivity index (χ0n) is 15.6. The average molecular weight is 468 g/mol. The summed E-state index contributed by atoms with van der Waals surface area (Å²) in [5, 5.41) is 16.2. The monoisotopic (exact) mass is 467 g/mol. The number of hydrogen-bond donors (Lipinski definition) is 4. The molecular formula is C18H18ClN5O4S2. The smallest absolute Gasteiger partial charge is 0.404 e. The summed E-state index contributed by atoms with van der Waals surface area (Å²) in [5.41, 5.74) is 7.06. The van der Waals surface area contributed by atoms with Crippen molar-refractivity contribution in [3.63, 3.8) is 0 Å². The number of thiazole rings is 2. The lowest BCUT2D eigenvalue weighted by Crippen LogP contribution is -2.23. The van der Waals surface area contributed by atoms with Gasteiger partial charge in [-0.25, -0.2) is 14.8 Å². The summed E-state index contributed by atoms with van der Waals surface area (Å²) in [5.74, 6) is 0.407. The van der Waals surface area contributed by atoms with Crippen molar-refractivity contribution in [3.05, 3.63) is 50.2 Å². The molecule has 0 saturated heterocycles. The van der Waals surface area contributed by atoms with Gasteiger partial charge in [0, 0.05) is 24.0 Å². The summed E-state index contributed by atoms with van der Waals surface area (Å²) in [6.45, 7) is 1.05. The first-order valence-corrected chi connectivity index (χ1v) is 10.8. The van der Waals surface area contributed by atoms with E-state index in [9.17, 15) is 9.59 Å². The van der Waals surface area contributed by atoms with Gasteiger partial charge in [0.05, 0.1) is 5.69 Å². The molecule has 158 valence electrons. The number of nitrogens with zero attached hydrogens (tertiary/aromatic N) is 2. The van der Waals surface area contributed by atoms with E-state index < -0.39 is 6.09 Å². The summed E-state index contributed by atoms with van der Waals surface area (Å²) in [6, 6.07) is 6.79. The minimum Gasteiger partial charge on any atom is -0.487 e. The normalized spacial score (nSPS) is 10.6. The van der Waals surface area contributed by atoms with Crippen molar-refractivity contribution >= 4 is 57.1 Å². The molecule has 0 radical (unpaired) electrons. The van der Waals surface area contributed by atoms with Crippen molar-refractivity contribution in [1.82, 2.24) is 15.3 Å². The Morgan fingerprint density at radius 2 is 2.10 bits per heavy atom. The highest BCUT2D eigenvalue weighted by Gasteiger charge is 2.18. The van der Waals surface area contributed by atoms with Gasteiger partial charge in [-0.1, -0.05) is 35.1 Å². The molecule has 2 aromatic heterocycles. The van der Waals surface area contributed by atoms with Crippen molar-refractivity contribution in [1.29, 1.82) is 0 Å². The fraction of sp³-hybridized carbons (Fsp3) is 0.222. The Labute approximate surface area is 184 Å². The van der Waals surface area contributed by atoms with Crippen molar-refractivity contribution in [2.75, 3.05) is 24.1 Å². The molecule has 0 fully saturated rings. The van der Waals surface area contributed by atoms with Crippen LogP contribution in [0.5, 0.6) is 5.75 Å². The second-order valence-corrected chi connectivity index (χ2v) is 8.42. The van der Waals surface area contributed by atoms with Gasteiger partial charge in [-0.2, -0.15) is 0 Å². The van der Waals surface area contributed by atoms with Gasteiger partial charge >= 0.3 is 6.09 Å². The van der Waals surface area contributed by atoms with Crippen molar-refractivity contribution in [2.24, 2.45) is 0 Å². The van der Waals surface area contributed by atoms with E-state index in [0.29, 0.717) is 51.0 Å². The SMILES string of the molecule is Nc1nc(NCCCNC(=O)O)sc1C(=O)c1cccc(OCc2csc(Cl)n2)c1. The van der Waals surface area contributed by atoms with E-state index in [1.807, 2.05) is 5.38 Å². The number of nitrogens with two attached hydrogens (primary N) is 1. The van der Waals surface area contributed by atoms with E-state index in [4.69, 9.17) is 27.2 Å². The molecule has 0 aliphatic rings. The molecule has 1 amide bonds. The quantitative estimate of drug-likeness (QED) is 0.261. The van der Waals surface area contributed by atoms with Gasteiger partial charge < -0.3 is 26.2 Å². The Kier molecular flexibility index (Phi) is 7.44. The first kappa shape index (κ1) is 21.8. The van der Waals surface area contributed by atoms with E-state index in [2.05, 4.69) is 20.6 Å². The summed E-state index contributed by atoms with van der Waals surface area (Å²) < 4.78 is 6.14. The minimum absolute atomic E-state index is 0.139. The lowest BCUT2D eigenvalue weighted by molar-refractivity contribution is 0.104. The molecule has 1 aromatic carbocycles. The largest absolute Gasteiger partial charge is 0.487 e. The van der Waals surface area contributed by atoms with Crippen molar-refractivity contribution < 1.29 is 19.4 Å². The molecule has 2 heterocycles. The lowest BCUT2D eigenvalue weighted by Gasteiger charge is -2.06. The molecular weight excluding hydrogens is 450 g/mol. The highest BCUT2D eigenvalue weighted by Crippen LogP contribution is 2.28. The predicted molar refractivity (Wildman–Crippen MR) is 117 cm³/mol. The second-order valence-electron chi connectivity index (χ2n) is 5.98. The molecule has 12 heteroatoms. The first-order valence-electron chi connectivity index (χ1n) is 8.77. The number of ether oxygens (including phenoxy) is 1. The number of halogens is 1. The molecule has 0 atom stereocenters. The number of anilines is 2. The van der Waals surface area contributed by atoms with Gasteiger partial charge in [0.15, 0.2) is 9.60 Å². The number of nitrogen functional groups attached to an aromatic ring is 1. The van der Waals surface area contributed by atoms with Gasteiger partial charge in [0.25, 0.3) is 0 Å². The van der Waals surface area contributed by atoms with Crippen LogP contribution in [0.25, 0.3) is 0 Å². The zero-order valence-corrected chi connectivity index (χ0v) is 17.9. The number of hydrogen-bond acceptors (Lipinski definition) is 9. The Balaban J connectivity index is 1.60. The fourth-order valence-corrected chi connectivity index (χ4v) is 4.05. The summed E-state index contributed by atoms with van der Waals surface area (Å²) in [4.78, 5) is 31.9. The third-order valence-corrected chi connectivity index (χ3v) is 5.83. The molecule has 0 unspecified atom stereocenters. The van der Waals surface area contributed by atoms with Crippen LogP contribution in [0.2, 0.25) is 4.47 Å². The van der Waals surface area contributed by atoms with Crippen LogP contribution in [0.3, 0.4) is 0 Å². The van der Waals surface area contributed by atoms with Crippen LogP contribution in [0.4, 0.5) is 15.7 Å². The zero-order chi connectivity index (χ0) is 21.5. The molecule has 0 aliphatic heterocycles. The maximum atomic E-state index is 12.9. The van der Waals surface area contributed by atoms with Crippen LogP contribution in [0, 0.1) is 0 Å². The van der Waals surface area contributed by atoms with E-state index in [0.717, 1.165) is 11.3 Å². The summed E-state index contributed by atoms with van der Waals surface area (Å²) >= 11 is 8.28. The Bertz CT molecular complexity index is 1040. The molecule has 5 N–H and O–H groups in total. The van der Waals surface area contributed by atoms with Gasteiger partial charge in [0.1, 0.15) is 23.1 Å². The highest BCUT2D eigenvalue weighted by molar-refractivity contribution is 7.18. The predicted octanol–water partition coefficient (Wildman–Crippen LogP) is 3.71. The van der Waals surface area contributed by atoms with E-state index >= 15 is 0 Å². The van der Waals surface area contributed by atoms with E-state index in [1.165, 1.54) is 11.3 Å². The van der Waals surface area contributed by atoms with Crippen LogP contribution in [-0.2, 0) is 6.61 Å². The minimum atomic E-state index is -1.07. The van der Waals surface area contributed by atoms with Crippen LogP contribution < -0.4 is 21.1 Å². The Hall–Kier alpha value is -2.89. The number of aromatic nitrogens is 2. The molecule has 30 heavy (non-hydrogen) atoms. The van der Waals surface area contributed by atoms with E-state index in [-0.39, 0.29) is 18.2 Å². The number of nitrogens with one attached hydrogen (secondary N) is 2. The lowest BCUT2D eigenvalue weighted by atomic mass is 10.1. The Morgan fingerprint density at radius 1 is 1.27 bits per heavy atom. The molecule has 0 spiro atoms. The molecule has 3 aromatic rings. The Morgan fingerprint density at radius 3 is 2.83 bits per heavy atom. The second kappa shape index (κ2) is 10.2. The molecule has 0 bridgehead atoms. The van der Waals surface area contributed by atoms with E-state index in [1.54, 1.807) is 24.3 Å². The van der Waals surface area contributed by atoms with Crippen LogP contribution in [0.1, 0.15) is 27.3 Å². The fourth-order valence-electron chi connectivity index (χ4n) is 2.41. The van der Waals surface area contributed by atoms with Crippen molar-refractivity contribution in [3.8, 4) is 5.75 Å². The van der Waals surface area contributed by atoms with Crippen LogP contribution >= 0.6 is 34.3 Å². The number of rotatable bonds is 10. The van der Waals surface area contributed by atoms with Gasteiger partial charge in [-0.05, 0) is 18.6 Å².